The molecule has 0 radical (unpaired) electrons. The quantitative estimate of drug-likeness (QED) is 0.881. The molecule has 1 saturated heterocycles. The minimum atomic E-state index is -3.05. The van der Waals surface area contributed by atoms with E-state index in [0.717, 1.165) is 16.8 Å². The first-order valence-corrected chi connectivity index (χ1v) is 10.2. The molecule has 0 bridgehead atoms. The molecule has 1 aliphatic heterocycles. The van der Waals surface area contributed by atoms with Crippen molar-refractivity contribution in [1.82, 2.24) is 14.9 Å². The summed E-state index contributed by atoms with van der Waals surface area (Å²) >= 11 is 0. The molecule has 0 aliphatic carbocycles. The first-order valence-electron chi connectivity index (χ1n) is 8.40. The average Bonchev–Trinajstić information content (AvgIpc) is 2.97. The number of benzene rings is 1. The van der Waals surface area contributed by atoms with Crippen LogP contribution in [0.3, 0.4) is 0 Å². The zero-order chi connectivity index (χ0) is 18.9. The van der Waals surface area contributed by atoms with Crippen molar-refractivity contribution in [2.75, 3.05) is 23.9 Å². The molecule has 3 rings (SSSR count). The molecule has 26 heavy (non-hydrogen) atoms. The largest absolute Gasteiger partial charge is 0.340 e. The number of amides is 1. The van der Waals surface area contributed by atoms with Gasteiger partial charge in [-0.25, -0.2) is 18.4 Å². The third-order valence-corrected chi connectivity index (χ3v) is 6.45. The molecule has 1 aromatic carbocycles. The molecule has 1 fully saturated rings. The Morgan fingerprint density at radius 1 is 1.23 bits per heavy atom. The smallest absolute Gasteiger partial charge is 0.272 e. The second-order valence-corrected chi connectivity index (χ2v) is 8.88. The molecular formula is C18H22N4O3S. The number of hydrogen-bond donors (Lipinski definition) is 1. The molecule has 1 amide bonds. The monoisotopic (exact) mass is 374 g/mol. The molecule has 138 valence electrons. The lowest BCUT2D eigenvalue weighted by atomic mass is 10.1. The highest BCUT2D eigenvalue weighted by molar-refractivity contribution is 7.91. The summed E-state index contributed by atoms with van der Waals surface area (Å²) in [5.74, 6) is 0.346. The van der Waals surface area contributed by atoms with Crippen molar-refractivity contribution in [3.8, 4) is 0 Å². The van der Waals surface area contributed by atoms with Crippen LogP contribution in [0, 0.1) is 13.8 Å². The number of anilines is 2. The maximum Gasteiger partial charge on any atom is 0.272 e. The number of sulfone groups is 1. The van der Waals surface area contributed by atoms with Gasteiger partial charge in [-0.2, -0.15) is 0 Å². The van der Waals surface area contributed by atoms with Crippen LogP contribution in [0.1, 0.15) is 28.0 Å². The normalized spacial score (nSPS) is 18.5. The summed E-state index contributed by atoms with van der Waals surface area (Å²) in [7, 11) is -1.43. The minimum absolute atomic E-state index is 0.00777. The van der Waals surface area contributed by atoms with E-state index in [-0.39, 0.29) is 29.1 Å². The Morgan fingerprint density at radius 2 is 1.92 bits per heavy atom. The number of aromatic nitrogens is 2. The Balaban J connectivity index is 1.80. The standard InChI is InChI=1S/C18H22N4O3S/c1-12-5-4-6-13(2)17(12)21-16-9-15(19-11-20-16)18(23)22(3)14-7-8-26(24,25)10-14/h4-6,9,11,14H,7-8,10H2,1-3H3,(H,19,20,21). The maximum atomic E-state index is 12.7. The van der Waals surface area contributed by atoms with E-state index in [2.05, 4.69) is 15.3 Å². The van der Waals surface area contributed by atoms with E-state index in [4.69, 9.17) is 0 Å². The fourth-order valence-electron chi connectivity index (χ4n) is 3.11. The molecule has 1 aromatic heterocycles. The van der Waals surface area contributed by atoms with Crippen molar-refractivity contribution in [2.45, 2.75) is 26.3 Å². The Bertz CT molecular complexity index is 923. The lowest BCUT2D eigenvalue weighted by Gasteiger charge is -2.23. The maximum absolute atomic E-state index is 12.7. The van der Waals surface area contributed by atoms with Crippen LogP contribution < -0.4 is 5.32 Å². The highest BCUT2D eigenvalue weighted by Crippen LogP contribution is 2.24. The van der Waals surface area contributed by atoms with Crippen LogP contribution >= 0.6 is 0 Å². The summed E-state index contributed by atoms with van der Waals surface area (Å²) in [5.41, 5.74) is 3.33. The topological polar surface area (TPSA) is 92.3 Å². The second-order valence-electron chi connectivity index (χ2n) is 6.65. The summed E-state index contributed by atoms with van der Waals surface area (Å²) in [6.45, 7) is 3.99. The number of rotatable bonds is 4. The van der Waals surface area contributed by atoms with E-state index in [9.17, 15) is 13.2 Å². The SMILES string of the molecule is Cc1cccc(C)c1Nc1cc(C(=O)N(C)C2CCS(=O)(=O)C2)ncn1. The van der Waals surface area contributed by atoms with Gasteiger partial charge in [-0.1, -0.05) is 18.2 Å². The Morgan fingerprint density at radius 3 is 2.54 bits per heavy atom. The number of aryl methyl sites for hydroxylation is 2. The number of carbonyl (C=O) groups excluding carboxylic acids is 1. The predicted octanol–water partition coefficient (Wildman–Crippen LogP) is 2.10. The Labute approximate surface area is 153 Å². The van der Waals surface area contributed by atoms with Gasteiger partial charge >= 0.3 is 0 Å². The van der Waals surface area contributed by atoms with E-state index < -0.39 is 9.84 Å². The van der Waals surface area contributed by atoms with Crippen LogP contribution in [0.5, 0.6) is 0 Å². The van der Waals surface area contributed by atoms with Crippen LogP contribution in [-0.2, 0) is 9.84 Å². The van der Waals surface area contributed by atoms with E-state index >= 15 is 0 Å². The van der Waals surface area contributed by atoms with Gasteiger partial charge in [0.1, 0.15) is 17.8 Å². The van der Waals surface area contributed by atoms with Crippen LogP contribution in [-0.4, -0.2) is 53.8 Å². The fraction of sp³-hybridized carbons (Fsp3) is 0.389. The van der Waals surface area contributed by atoms with Gasteiger partial charge in [0.25, 0.3) is 5.91 Å². The predicted molar refractivity (Wildman–Crippen MR) is 100 cm³/mol. The molecule has 2 heterocycles. The van der Waals surface area contributed by atoms with Crippen LogP contribution in [0.15, 0.2) is 30.6 Å². The first kappa shape index (κ1) is 18.3. The number of nitrogens with one attached hydrogen (secondary N) is 1. The van der Waals surface area contributed by atoms with Crippen molar-refractivity contribution in [2.24, 2.45) is 0 Å². The molecule has 2 aromatic rings. The van der Waals surface area contributed by atoms with Gasteiger partial charge in [-0.3, -0.25) is 4.79 Å². The third kappa shape index (κ3) is 3.85. The van der Waals surface area contributed by atoms with Crippen molar-refractivity contribution in [3.63, 3.8) is 0 Å². The molecule has 1 aliphatic rings. The van der Waals surface area contributed by atoms with Crippen LogP contribution in [0.25, 0.3) is 0 Å². The highest BCUT2D eigenvalue weighted by Gasteiger charge is 2.33. The van der Waals surface area contributed by atoms with Gasteiger partial charge in [-0.15, -0.1) is 0 Å². The van der Waals surface area contributed by atoms with E-state index in [0.29, 0.717) is 12.2 Å². The van der Waals surface area contributed by atoms with Crippen LogP contribution in [0.2, 0.25) is 0 Å². The molecule has 1 atom stereocenters. The van der Waals surface area contributed by atoms with Gasteiger partial charge in [0.05, 0.1) is 11.5 Å². The molecular weight excluding hydrogens is 352 g/mol. The molecule has 0 saturated carbocycles. The van der Waals surface area contributed by atoms with E-state index in [1.54, 1.807) is 13.1 Å². The lowest BCUT2D eigenvalue weighted by Crippen LogP contribution is -2.38. The van der Waals surface area contributed by atoms with Gasteiger partial charge in [-0.05, 0) is 31.4 Å². The summed E-state index contributed by atoms with van der Waals surface area (Å²) in [6, 6.07) is 7.26. The van der Waals surface area contributed by atoms with Gasteiger partial charge < -0.3 is 10.2 Å². The number of carbonyl (C=O) groups is 1. The van der Waals surface area contributed by atoms with Crippen molar-refractivity contribution in [3.05, 3.63) is 47.4 Å². The van der Waals surface area contributed by atoms with Gasteiger partial charge in [0.2, 0.25) is 0 Å². The van der Waals surface area contributed by atoms with Crippen molar-refractivity contribution >= 4 is 27.2 Å². The van der Waals surface area contributed by atoms with Crippen molar-refractivity contribution in [1.29, 1.82) is 0 Å². The Hall–Kier alpha value is -2.48. The summed E-state index contributed by atoms with van der Waals surface area (Å²) in [6.07, 6.45) is 1.80. The number of hydrogen-bond acceptors (Lipinski definition) is 6. The third-order valence-electron chi connectivity index (χ3n) is 4.70. The van der Waals surface area contributed by atoms with E-state index in [1.807, 2.05) is 32.0 Å². The first-order chi connectivity index (χ1) is 12.3. The summed E-state index contributed by atoms with van der Waals surface area (Å²) in [4.78, 5) is 22.4. The summed E-state index contributed by atoms with van der Waals surface area (Å²) < 4.78 is 23.3. The molecule has 1 N–H and O–H groups in total. The molecule has 0 spiro atoms. The molecule has 1 unspecified atom stereocenters. The van der Waals surface area contributed by atoms with Gasteiger partial charge in [0, 0.05) is 24.8 Å². The summed E-state index contributed by atoms with van der Waals surface area (Å²) in [5, 5.41) is 3.24. The number of nitrogens with zero attached hydrogens (tertiary/aromatic N) is 3. The molecule has 7 nitrogen and oxygen atoms in total. The minimum Gasteiger partial charge on any atom is -0.340 e. The van der Waals surface area contributed by atoms with Crippen molar-refractivity contribution < 1.29 is 13.2 Å². The zero-order valence-electron chi connectivity index (χ0n) is 15.1. The number of para-hydroxylation sites is 1. The fourth-order valence-corrected chi connectivity index (χ4v) is 4.88. The Kier molecular flexibility index (Phi) is 4.95. The molecule has 8 heteroatoms. The lowest BCUT2D eigenvalue weighted by molar-refractivity contribution is 0.0741. The average molecular weight is 374 g/mol. The highest BCUT2D eigenvalue weighted by atomic mass is 32.2. The zero-order valence-corrected chi connectivity index (χ0v) is 15.9. The van der Waals surface area contributed by atoms with E-state index in [1.165, 1.54) is 11.2 Å². The van der Waals surface area contributed by atoms with Gasteiger partial charge in [0.15, 0.2) is 9.84 Å². The van der Waals surface area contributed by atoms with Crippen LogP contribution in [0.4, 0.5) is 11.5 Å². The second kappa shape index (κ2) is 7.03.